The summed E-state index contributed by atoms with van der Waals surface area (Å²) in [7, 11) is 4.09. The fourth-order valence-electron chi connectivity index (χ4n) is 4.33. The van der Waals surface area contributed by atoms with Gasteiger partial charge in [0, 0.05) is 19.8 Å². The van der Waals surface area contributed by atoms with Gasteiger partial charge in [0.25, 0.3) is 0 Å². The van der Waals surface area contributed by atoms with Crippen LogP contribution < -0.4 is 4.90 Å². The first-order valence-corrected chi connectivity index (χ1v) is 10.2. The first kappa shape index (κ1) is 19.3. The Bertz CT molecular complexity index is 951. The van der Waals surface area contributed by atoms with Gasteiger partial charge in [0.05, 0.1) is 18.0 Å². The molecule has 3 aromatic rings. The van der Waals surface area contributed by atoms with Gasteiger partial charge in [-0.15, -0.1) is 0 Å². The number of nitrogens with zero attached hydrogens (tertiary/aromatic N) is 2. The summed E-state index contributed by atoms with van der Waals surface area (Å²) >= 11 is 0. The lowest BCUT2D eigenvalue weighted by Gasteiger charge is -2.51. The molecule has 29 heavy (non-hydrogen) atoms. The molecule has 1 fully saturated rings. The maximum absolute atomic E-state index is 13.3. The van der Waals surface area contributed by atoms with E-state index >= 15 is 0 Å². The van der Waals surface area contributed by atoms with Crippen LogP contribution in [0.4, 0.5) is 5.69 Å². The van der Waals surface area contributed by atoms with E-state index in [1.807, 2.05) is 50.5 Å². The van der Waals surface area contributed by atoms with Crippen LogP contribution in [-0.4, -0.2) is 24.9 Å². The molecule has 1 heterocycles. The van der Waals surface area contributed by atoms with Crippen LogP contribution in [0.15, 0.2) is 84.9 Å². The Kier molecular flexibility index (Phi) is 5.39. The Morgan fingerprint density at radius 1 is 0.862 bits per heavy atom. The lowest BCUT2D eigenvalue weighted by atomic mass is 9.77. The van der Waals surface area contributed by atoms with Crippen LogP contribution in [0, 0.1) is 5.92 Å². The highest BCUT2D eigenvalue weighted by Crippen LogP contribution is 2.47. The van der Waals surface area contributed by atoms with E-state index < -0.39 is 0 Å². The van der Waals surface area contributed by atoms with Crippen molar-refractivity contribution < 1.29 is 4.79 Å². The molecule has 0 bridgehead atoms. The van der Waals surface area contributed by atoms with Gasteiger partial charge >= 0.3 is 0 Å². The normalized spacial score (nSPS) is 19.6. The topological polar surface area (TPSA) is 23.6 Å². The molecule has 3 nitrogen and oxygen atoms in total. The van der Waals surface area contributed by atoms with E-state index in [4.69, 9.17) is 0 Å². The van der Waals surface area contributed by atoms with Crippen molar-refractivity contribution >= 4 is 11.6 Å². The highest BCUT2D eigenvalue weighted by molar-refractivity contribution is 5.87. The Hall–Kier alpha value is -3.07. The number of benzene rings is 3. The summed E-state index contributed by atoms with van der Waals surface area (Å²) in [6, 6.07) is 29.4. The van der Waals surface area contributed by atoms with Crippen molar-refractivity contribution in [2.45, 2.75) is 25.4 Å². The zero-order valence-electron chi connectivity index (χ0n) is 17.3. The van der Waals surface area contributed by atoms with Crippen molar-refractivity contribution in [1.82, 2.24) is 4.90 Å². The largest absolute Gasteiger partial charge is 0.378 e. The summed E-state index contributed by atoms with van der Waals surface area (Å²) in [6.45, 7) is 2.13. The van der Waals surface area contributed by atoms with E-state index in [2.05, 4.69) is 65.3 Å². The maximum atomic E-state index is 13.3. The quantitative estimate of drug-likeness (QED) is 0.542. The highest BCUT2D eigenvalue weighted by Gasteiger charge is 2.49. The minimum atomic E-state index is -0.0197. The Morgan fingerprint density at radius 2 is 1.45 bits per heavy atom. The van der Waals surface area contributed by atoms with Crippen LogP contribution in [0.3, 0.4) is 0 Å². The van der Waals surface area contributed by atoms with Gasteiger partial charge in [-0.1, -0.05) is 72.8 Å². The zero-order chi connectivity index (χ0) is 20.4. The summed E-state index contributed by atoms with van der Waals surface area (Å²) in [5, 5.41) is 0. The van der Waals surface area contributed by atoms with Crippen molar-refractivity contribution in [3.63, 3.8) is 0 Å². The molecule has 1 aliphatic heterocycles. The number of rotatable bonds is 6. The van der Waals surface area contributed by atoms with Crippen molar-refractivity contribution in [2.75, 3.05) is 19.0 Å². The summed E-state index contributed by atoms with van der Waals surface area (Å²) in [5.41, 5.74) is 4.77. The van der Waals surface area contributed by atoms with Gasteiger partial charge in [-0.25, -0.2) is 0 Å². The molecule has 0 saturated carbocycles. The predicted molar refractivity (Wildman–Crippen MR) is 119 cm³/mol. The van der Waals surface area contributed by atoms with Crippen LogP contribution in [0.25, 0.3) is 0 Å². The zero-order valence-corrected chi connectivity index (χ0v) is 17.3. The SMILES string of the molecule is C[C@@H](c1ccccc1)N1C(=O)[C@H](Cc2ccccc2)[C@H]1c1ccc(N(C)C)cc1. The first-order valence-electron chi connectivity index (χ1n) is 10.2. The third-order valence-corrected chi connectivity index (χ3v) is 6.00. The summed E-state index contributed by atoms with van der Waals surface area (Å²) < 4.78 is 0. The van der Waals surface area contributed by atoms with E-state index in [9.17, 15) is 4.79 Å². The number of β-lactam (4-membered cyclic amide) rings is 1. The minimum Gasteiger partial charge on any atom is -0.378 e. The van der Waals surface area contributed by atoms with Crippen molar-refractivity contribution in [3.8, 4) is 0 Å². The molecule has 0 unspecified atom stereocenters. The van der Waals surface area contributed by atoms with Gasteiger partial charge in [0.1, 0.15) is 0 Å². The second-order valence-corrected chi connectivity index (χ2v) is 8.06. The van der Waals surface area contributed by atoms with E-state index in [1.165, 1.54) is 22.4 Å². The molecule has 1 saturated heterocycles. The molecular formula is C26H28N2O. The fourth-order valence-corrected chi connectivity index (χ4v) is 4.33. The molecule has 3 heteroatoms. The van der Waals surface area contributed by atoms with Crippen molar-refractivity contribution in [3.05, 3.63) is 102 Å². The lowest BCUT2D eigenvalue weighted by Crippen LogP contribution is -2.56. The van der Waals surface area contributed by atoms with Crippen LogP contribution in [0.2, 0.25) is 0 Å². The molecule has 0 spiro atoms. The number of amides is 1. The number of carbonyl (C=O) groups is 1. The average molecular weight is 385 g/mol. The van der Waals surface area contributed by atoms with Crippen LogP contribution in [0.5, 0.6) is 0 Å². The third-order valence-electron chi connectivity index (χ3n) is 6.00. The van der Waals surface area contributed by atoms with Gasteiger partial charge in [0.15, 0.2) is 0 Å². The third kappa shape index (κ3) is 3.77. The molecule has 1 amide bonds. The lowest BCUT2D eigenvalue weighted by molar-refractivity contribution is -0.161. The van der Waals surface area contributed by atoms with E-state index in [1.54, 1.807) is 0 Å². The van der Waals surface area contributed by atoms with E-state index in [-0.39, 0.29) is 23.9 Å². The number of anilines is 1. The van der Waals surface area contributed by atoms with Gasteiger partial charge in [-0.05, 0) is 42.2 Å². The van der Waals surface area contributed by atoms with Gasteiger partial charge < -0.3 is 9.80 Å². The van der Waals surface area contributed by atoms with Gasteiger partial charge in [-0.2, -0.15) is 0 Å². The van der Waals surface area contributed by atoms with Crippen molar-refractivity contribution in [1.29, 1.82) is 0 Å². The monoisotopic (exact) mass is 384 g/mol. The molecule has 3 aromatic carbocycles. The second kappa shape index (κ2) is 8.12. The van der Waals surface area contributed by atoms with Crippen LogP contribution in [0.1, 0.15) is 35.7 Å². The predicted octanol–water partition coefficient (Wildman–Crippen LogP) is 5.26. The number of likely N-dealkylation sites (tertiary alicyclic amines) is 1. The minimum absolute atomic E-state index is 0.0197. The molecular weight excluding hydrogens is 356 g/mol. The van der Waals surface area contributed by atoms with E-state index in [0.29, 0.717) is 0 Å². The molecule has 148 valence electrons. The molecule has 1 aliphatic rings. The standard InChI is InChI=1S/C26H28N2O/c1-19(21-12-8-5-9-13-21)28-25(22-14-16-23(17-15-22)27(2)3)24(26(28)29)18-20-10-6-4-7-11-20/h4-17,19,24-25H,18H2,1-3H3/t19-,24+,25+/m0/s1. The number of hydrogen-bond acceptors (Lipinski definition) is 2. The maximum Gasteiger partial charge on any atom is 0.229 e. The Balaban J connectivity index is 1.66. The molecule has 3 atom stereocenters. The molecule has 0 radical (unpaired) electrons. The smallest absolute Gasteiger partial charge is 0.229 e. The Labute approximate surface area is 173 Å². The molecule has 0 aliphatic carbocycles. The Morgan fingerprint density at radius 3 is 2.03 bits per heavy atom. The fraction of sp³-hybridized carbons (Fsp3) is 0.269. The average Bonchev–Trinajstić information content (AvgIpc) is 2.76. The molecule has 4 rings (SSSR count). The first-order chi connectivity index (χ1) is 14.1. The summed E-state index contributed by atoms with van der Waals surface area (Å²) in [5.74, 6) is 0.223. The van der Waals surface area contributed by atoms with Crippen molar-refractivity contribution in [2.24, 2.45) is 5.92 Å². The molecule has 0 N–H and O–H groups in total. The molecule has 0 aromatic heterocycles. The summed E-state index contributed by atoms with van der Waals surface area (Å²) in [4.78, 5) is 17.4. The van der Waals surface area contributed by atoms with E-state index in [0.717, 1.165) is 6.42 Å². The highest BCUT2D eigenvalue weighted by atomic mass is 16.2. The number of hydrogen-bond donors (Lipinski definition) is 0. The van der Waals surface area contributed by atoms with Gasteiger partial charge in [-0.3, -0.25) is 4.79 Å². The van der Waals surface area contributed by atoms with Crippen LogP contribution in [-0.2, 0) is 11.2 Å². The number of carbonyl (C=O) groups excluding carboxylic acids is 1. The van der Waals surface area contributed by atoms with Crippen LogP contribution >= 0.6 is 0 Å². The van der Waals surface area contributed by atoms with Gasteiger partial charge in [0.2, 0.25) is 5.91 Å². The summed E-state index contributed by atoms with van der Waals surface area (Å²) in [6.07, 6.45) is 0.776. The second-order valence-electron chi connectivity index (χ2n) is 8.06.